The van der Waals surface area contributed by atoms with Crippen molar-refractivity contribution in [2.75, 3.05) is 36.9 Å². The first-order valence-corrected chi connectivity index (χ1v) is 17.9. The third kappa shape index (κ3) is 8.43. The van der Waals surface area contributed by atoms with Crippen LogP contribution >= 0.6 is 23.2 Å². The number of pyridine rings is 1. The number of carbonyl (C=O) groups excluding carboxylic acids is 3. The molecule has 51 heavy (non-hydrogen) atoms. The minimum atomic E-state index is -0.431. The van der Waals surface area contributed by atoms with Gasteiger partial charge in [0.1, 0.15) is 5.69 Å². The number of ether oxygens (including phenoxy) is 1. The Morgan fingerprint density at radius 2 is 1.63 bits per heavy atom. The average Bonchev–Trinajstić information content (AvgIpc) is 3.79. The van der Waals surface area contributed by atoms with Crippen LogP contribution in [0.2, 0.25) is 10.0 Å². The molecule has 2 atom stereocenters. The highest BCUT2D eigenvalue weighted by molar-refractivity contribution is 6.40. The summed E-state index contributed by atoms with van der Waals surface area (Å²) >= 11 is 13.7. The molecule has 2 amide bonds. The van der Waals surface area contributed by atoms with Crippen molar-refractivity contribution in [2.45, 2.75) is 58.3 Å². The molecule has 0 unspecified atom stereocenters. The largest absolute Gasteiger partial charge is 0.463 e. The van der Waals surface area contributed by atoms with Crippen molar-refractivity contribution in [3.63, 3.8) is 0 Å². The summed E-state index contributed by atoms with van der Waals surface area (Å²) in [6.45, 7) is 6.84. The molecule has 268 valence electrons. The Kier molecular flexibility index (Phi) is 11.7. The van der Waals surface area contributed by atoms with Crippen molar-refractivity contribution in [3.8, 4) is 11.1 Å². The van der Waals surface area contributed by atoms with Gasteiger partial charge in [-0.15, -0.1) is 0 Å². The first-order valence-electron chi connectivity index (χ1n) is 17.1. The molecule has 2 aromatic carbocycles. The van der Waals surface area contributed by atoms with E-state index in [0.717, 1.165) is 37.1 Å². The lowest BCUT2D eigenvalue weighted by Crippen LogP contribution is -2.32. The lowest BCUT2D eigenvalue weighted by Gasteiger charge is -2.31. The van der Waals surface area contributed by atoms with Crippen molar-refractivity contribution in [3.05, 3.63) is 93.5 Å². The van der Waals surface area contributed by atoms with Gasteiger partial charge in [-0.25, -0.2) is 0 Å². The monoisotopic (exact) mass is 733 g/mol. The van der Waals surface area contributed by atoms with Crippen LogP contribution in [0.1, 0.15) is 71.4 Å². The van der Waals surface area contributed by atoms with Gasteiger partial charge in [0.15, 0.2) is 5.69 Å². The number of carbonyl (C=O) groups is 3. The van der Waals surface area contributed by atoms with Gasteiger partial charge in [-0.3, -0.25) is 28.9 Å². The zero-order valence-electron chi connectivity index (χ0n) is 28.5. The van der Waals surface area contributed by atoms with E-state index < -0.39 is 11.8 Å². The number of hydrogen-bond donors (Lipinski definition) is 4. The van der Waals surface area contributed by atoms with Gasteiger partial charge in [0.05, 0.1) is 51.8 Å². The highest BCUT2D eigenvalue weighted by atomic mass is 35.5. The summed E-state index contributed by atoms with van der Waals surface area (Å²) < 4.78 is 7.35. The number of rotatable bonds is 12. The molecule has 0 spiro atoms. The van der Waals surface area contributed by atoms with Crippen LogP contribution in [0.3, 0.4) is 0 Å². The van der Waals surface area contributed by atoms with Gasteiger partial charge < -0.3 is 25.8 Å². The Hall–Kier alpha value is -4.33. The molecule has 0 aliphatic carbocycles. The molecule has 2 aliphatic heterocycles. The number of esters is 1. The highest BCUT2D eigenvalue weighted by Crippen LogP contribution is 2.41. The minimum absolute atomic E-state index is 0.0346. The molecule has 4 N–H and O–H groups in total. The fourth-order valence-electron chi connectivity index (χ4n) is 6.55. The van der Waals surface area contributed by atoms with Crippen molar-refractivity contribution in [1.82, 2.24) is 25.0 Å². The lowest BCUT2D eigenvalue weighted by molar-refractivity contribution is -0.152. The number of likely N-dealkylation sites (tertiary alicyclic amines) is 1. The fourth-order valence-corrected chi connectivity index (χ4v) is 7.10. The van der Waals surface area contributed by atoms with Crippen molar-refractivity contribution >= 4 is 52.4 Å². The number of aromatic nitrogens is 3. The van der Waals surface area contributed by atoms with E-state index in [0.29, 0.717) is 48.7 Å². The summed E-state index contributed by atoms with van der Waals surface area (Å²) in [5.74, 6) is -1.14. The van der Waals surface area contributed by atoms with E-state index >= 15 is 0 Å². The maximum atomic E-state index is 13.6. The summed E-state index contributed by atoms with van der Waals surface area (Å²) in [5, 5.41) is 22.9. The Balaban J connectivity index is 1.14. The summed E-state index contributed by atoms with van der Waals surface area (Å²) in [4.78, 5) is 45.7. The van der Waals surface area contributed by atoms with Gasteiger partial charge in [0.25, 0.3) is 11.8 Å². The number of benzene rings is 2. The minimum Gasteiger partial charge on any atom is -0.463 e. The molecule has 0 radical (unpaired) electrons. The number of fused-ring (bicyclic) bond motifs is 1. The van der Waals surface area contributed by atoms with E-state index in [4.69, 9.17) is 33.0 Å². The zero-order chi connectivity index (χ0) is 36.1. The molecule has 4 heterocycles. The van der Waals surface area contributed by atoms with E-state index in [1.165, 1.54) is 0 Å². The number of anilines is 2. The molecule has 14 heteroatoms. The third-order valence-electron chi connectivity index (χ3n) is 9.04. The van der Waals surface area contributed by atoms with Gasteiger partial charge in [0, 0.05) is 43.5 Å². The van der Waals surface area contributed by atoms with Crippen LogP contribution in [0.4, 0.5) is 11.4 Å². The number of nitrogens with one attached hydrogen (secondary N) is 3. The first kappa shape index (κ1) is 36.5. The van der Waals surface area contributed by atoms with E-state index in [2.05, 4.69) is 30.9 Å². The number of halogens is 2. The first-order chi connectivity index (χ1) is 24.6. The molecule has 0 bridgehead atoms. The molecule has 4 aromatic rings. The molecule has 2 aliphatic rings. The van der Waals surface area contributed by atoms with Crippen molar-refractivity contribution in [2.24, 2.45) is 5.92 Å². The predicted molar refractivity (Wildman–Crippen MR) is 196 cm³/mol. The summed E-state index contributed by atoms with van der Waals surface area (Å²) in [6.07, 6.45) is 4.03. The topological polar surface area (TPSA) is 151 Å². The van der Waals surface area contributed by atoms with Gasteiger partial charge in [-0.05, 0) is 69.5 Å². The van der Waals surface area contributed by atoms with Gasteiger partial charge in [0.2, 0.25) is 0 Å². The second kappa shape index (κ2) is 16.3. The van der Waals surface area contributed by atoms with Crippen molar-refractivity contribution < 1.29 is 24.2 Å². The van der Waals surface area contributed by atoms with Crippen LogP contribution in [0.25, 0.3) is 11.1 Å². The highest BCUT2D eigenvalue weighted by Gasteiger charge is 2.37. The second-order valence-corrected chi connectivity index (χ2v) is 13.8. The SMILES string of the molecule is CC(C)OC(=O)[C@@H]1CCN([C@@H]2CCCn3nc(C(=O)Nc4cccc(-c5cccc(NC(=O)c6ccc(CNCCO)cn6)c5Cl)c4Cl)cc32)C1. The fraction of sp³-hybridized carbons (Fsp3) is 0.378. The number of hydrogen-bond acceptors (Lipinski definition) is 9. The standard InChI is InChI=1S/C37H41Cl2N7O5/c1-22(2)51-37(50)24-13-16-45(21-24)31-10-5-15-46-32(31)18-30(44-46)36(49)43-28-9-4-7-26(34(28)39)25-6-3-8-27(33(25)38)42-35(48)29-12-11-23(20-41-29)19-40-14-17-47/h3-4,6-9,11-12,18,20,22,24,31,40,47H,5,10,13-17,19,21H2,1-2H3,(H,42,48)(H,43,49)/t24-,31-/m1/s1. The number of aryl methyl sites for hydroxylation is 1. The summed E-state index contributed by atoms with van der Waals surface area (Å²) in [5.41, 5.74) is 4.21. The molecule has 2 aromatic heterocycles. The number of aliphatic hydroxyl groups excluding tert-OH is 1. The Morgan fingerprint density at radius 3 is 2.25 bits per heavy atom. The smallest absolute Gasteiger partial charge is 0.310 e. The maximum Gasteiger partial charge on any atom is 0.310 e. The van der Waals surface area contributed by atoms with Crippen LogP contribution in [0.15, 0.2) is 60.8 Å². The number of nitrogens with zero attached hydrogens (tertiary/aromatic N) is 4. The quantitative estimate of drug-likeness (QED) is 0.102. The summed E-state index contributed by atoms with van der Waals surface area (Å²) in [7, 11) is 0. The molecular formula is C37H41Cl2N7O5. The molecule has 1 fully saturated rings. The van der Waals surface area contributed by atoms with E-state index in [1.54, 1.807) is 54.7 Å². The summed E-state index contributed by atoms with van der Waals surface area (Å²) in [6, 6.07) is 15.8. The van der Waals surface area contributed by atoms with Gasteiger partial charge in [-0.1, -0.05) is 53.5 Å². The lowest BCUT2D eigenvalue weighted by atomic mass is 10.0. The Bertz CT molecular complexity index is 1900. The molecule has 12 nitrogen and oxygen atoms in total. The van der Waals surface area contributed by atoms with E-state index in [9.17, 15) is 14.4 Å². The Labute approximate surface area is 306 Å². The van der Waals surface area contributed by atoms with Crippen LogP contribution in [0.5, 0.6) is 0 Å². The Morgan fingerprint density at radius 1 is 0.941 bits per heavy atom. The average molecular weight is 735 g/mol. The molecular weight excluding hydrogens is 693 g/mol. The van der Waals surface area contributed by atoms with E-state index in [-0.39, 0.29) is 52.1 Å². The normalized spacial score (nSPS) is 17.3. The zero-order valence-corrected chi connectivity index (χ0v) is 30.0. The predicted octanol–water partition coefficient (Wildman–Crippen LogP) is 5.95. The van der Waals surface area contributed by atoms with Crippen molar-refractivity contribution in [1.29, 1.82) is 0 Å². The molecule has 6 rings (SSSR count). The van der Waals surface area contributed by atoms with Crippen LogP contribution in [-0.4, -0.2) is 74.9 Å². The second-order valence-electron chi connectivity index (χ2n) is 13.0. The number of amides is 2. The number of aliphatic hydroxyl groups is 1. The van der Waals surface area contributed by atoms with Crippen LogP contribution in [0, 0.1) is 5.92 Å². The van der Waals surface area contributed by atoms with E-state index in [1.807, 2.05) is 24.6 Å². The molecule has 1 saturated heterocycles. The molecule has 0 saturated carbocycles. The van der Waals surface area contributed by atoms with Gasteiger partial charge >= 0.3 is 5.97 Å². The third-order valence-corrected chi connectivity index (χ3v) is 9.85. The van der Waals surface area contributed by atoms with Crippen LogP contribution < -0.4 is 16.0 Å². The maximum absolute atomic E-state index is 13.6. The van der Waals surface area contributed by atoms with Gasteiger partial charge in [-0.2, -0.15) is 5.10 Å². The van der Waals surface area contributed by atoms with Crippen LogP contribution in [-0.2, 0) is 22.6 Å².